The smallest absolute Gasteiger partial charge is 0.244 e. The van der Waals surface area contributed by atoms with Gasteiger partial charge in [0, 0.05) is 11.4 Å². The summed E-state index contributed by atoms with van der Waals surface area (Å²) >= 11 is 0. The van der Waals surface area contributed by atoms with Crippen molar-refractivity contribution in [1.29, 1.82) is 0 Å². The van der Waals surface area contributed by atoms with E-state index < -0.39 is 5.54 Å². The van der Waals surface area contributed by atoms with E-state index in [1.807, 2.05) is 0 Å². The molecule has 1 aliphatic rings. The van der Waals surface area contributed by atoms with Crippen molar-refractivity contribution in [3.63, 3.8) is 0 Å². The molecular formula is C10H13N3O. The molecule has 0 saturated heterocycles. The number of rotatable bonds is 2. The second-order valence-electron chi connectivity index (χ2n) is 3.73. The van der Waals surface area contributed by atoms with Crippen LogP contribution in [-0.4, -0.2) is 11.4 Å². The van der Waals surface area contributed by atoms with Gasteiger partial charge < -0.3 is 16.8 Å². The van der Waals surface area contributed by atoms with Crippen LogP contribution in [0.2, 0.25) is 0 Å². The third kappa shape index (κ3) is 1.70. The first-order valence-electron chi connectivity index (χ1n) is 4.56. The zero-order valence-electron chi connectivity index (χ0n) is 7.79. The fraction of sp³-hybridized carbons (Fsp3) is 0.300. The van der Waals surface area contributed by atoms with Crippen LogP contribution < -0.4 is 16.8 Å². The SMILES string of the molecule is Nc1ccc(NC(=O)C2(N)CC2)cc1. The first-order chi connectivity index (χ1) is 6.60. The van der Waals surface area contributed by atoms with Crippen molar-refractivity contribution in [3.8, 4) is 0 Å². The normalized spacial score (nSPS) is 17.5. The summed E-state index contributed by atoms with van der Waals surface area (Å²) in [7, 11) is 0. The van der Waals surface area contributed by atoms with Gasteiger partial charge in [-0.2, -0.15) is 0 Å². The van der Waals surface area contributed by atoms with E-state index in [9.17, 15) is 4.79 Å². The topological polar surface area (TPSA) is 81.1 Å². The summed E-state index contributed by atoms with van der Waals surface area (Å²) in [5.41, 5.74) is 12.0. The second kappa shape index (κ2) is 2.99. The van der Waals surface area contributed by atoms with Gasteiger partial charge in [-0.1, -0.05) is 0 Å². The molecule has 0 bridgehead atoms. The van der Waals surface area contributed by atoms with Crippen LogP contribution in [0.4, 0.5) is 11.4 Å². The minimum atomic E-state index is -0.624. The molecule has 0 heterocycles. The van der Waals surface area contributed by atoms with Gasteiger partial charge in [0.2, 0.25) is 5.91 Å². The molecule has 2 rings (SSSR count). The van der Waals surface area contributed by atoms with Gasteiger partial charge in [0.25, 0.3) is 0 Å². The molecular weight excluding hydrogens is 178 g/mol. The molecule has 0 atom stereocenters. The van der Waals surface area contributed by atoms with Gasteiger partial charge in [-0.05, 0) is 37.1 Å². The quantitative estimate of drug-likeness (QED) is 0.602. The van der Waals surface area contributed by atoms with E-state index in [1.165, 1.54) is 0 Å². The van der Waals surface area contributed by atoms with E-state index in [1.54, 1.807) is 24.3 Å². The zero-order chi connectivity index (χ0) is 10.2. The van der Waals surface area contributed by atoms with Crippen LogP contribution in [-0.2, 0) is 4.79 Å². The number of hydrogen-bond acceptors (Lipinski definition) is 3. The van der Waals surface area contributed by atoms with Crippen molar-refractivity contribution in [2.45, 2.75) is 18.4 Å². The Bertz CT molecular complexity index is 354. The fourth-order valence-electron chi connectivity index (χ4n) is 1.18. The molecule has 1 aliphatic carbocycles. The minimum absolute atomic E-state index is 0.109. The van der Waals surface area contributed by atoms with Gasteiger partial charge in [0.15, 0.2) is 0 Å². The lowest BCUT2D eigenvalue weighted by molar-refractivity contribution is -0.118. The average molecular weight is 191 g/mol. The molecule has 0 aromatic heterocycles. The maximum absolute atomic E-state index is 11.5. The van der Waals surface area contributed by atoms with Crippen LogP contribution >= 0.6 is 0 Å². The molecule has 0 radical (unpaired) electrons. The number of nitrogen functional groups attached to an aromatic ring is 1. The largest absolute Gasteiger partial charge is 0.399 e. The maximum atomic E-state index is 11.5. The molecule has 1 saturated carbocycles. The molecule has 74 valence electrons. The van der Waals surface area contributed by atoms with Gasteiger partial charge in [0.1, 0.15) is 0 Å². The van der Waals surface area contributed by atoms with E-state index in [2.05, 4.69) is 5.32 Å². The van der Waals surface area contributed by atoms with Gasteiger partial charge in [0.05, 0.1) is 5.54 Å². The van der Waals surface area contributed by atoms with E-state index in [4.69, 9.17) is 11.5 Å². The number of carbonyl (C=O) groups excluding carboxylic acids is 1. The van der Waals surface area contributed by atoms with Gasteiger partial charge >= 0.3 is 0 Å². The number of hydrogen-bond donors (Lipinski definition) is 3. The molecule has 1 aromatic rings. The van der Waals surface area contributed by atoms with Gasteiger partial charge in [-0.3, -0.25) is 4.79 Å². The highest BCUT2D eigenvalue weighted by molar-refractivity contribution is 6.00. The third-order valence-corrected chi connectivity index (χ3v) is 2.41. The molecule has 0 unspecified atom stereocenters. The molecule has 1 fully saturated rings. The first-order valence-corrected chi connectivity index (χ1v) is 4.56. The van der Waals surface area contributed by atoms with Crippen LogP contribution in [0.5, 0.6) is 0 Å². The van der Waals surface area contributed by atoms with Crippen LogP contribution in [0.25, 0.3) is 0 Å². The monoisotopic (exact) mass is 191 g/mol. The molecule has 0 spiro atoms. The lowest BCUT2D eigenvalue weighted by Crippen LogP contribution is -2.37. The standard InChI is InChI=1S/C10H13N3O/c11-7-1-3-8(4-2-7)13-9(14)10(12)5-6-10/h1-4H,5-6,11-12H2,(H,13,14). The van der Waals surface area contributed by atoms with Gasteiger partial charge in [-0.25, -0.2) is 0 Å². The summed E-state index contributed by atoms with van der Waals surface area (Å²) in [5, 5.41) is 2.75. The molecule has 1 amide bonds. The number of amides is 1. The Kier molecular flexibility index (Phi) is 1.93. The first kappa shape index (κ1) is 9.02. The zero-order valence-corrected chi connectivity index (χ0v) is 7.79. The number of nitrogens with one attached hydrogen (secondary N) is 1. The van der Waals surface area contributed by atoms with Crippen molar-refractivity contribution in [1.82, 2.24) is 0 Å². The molecule has 4 heteroatoms. The Morgan fingerprint density at radius 2 is 1.86 bits per heavy atom. The van der Waals surface area contributed by atoms with E-state index in [-0.39, 0.29) is 5.91 Å². The van der Waals surface area contributed by atoms with Gasteiger partial charge in [-0.15, -0.1) is 0 Å². The molecule has 14 heavy (non-hydrogen) atoms. The summed E-state index contributed by atoms with van der Waals surface area (Å²) in [5.74, 6) is -0.109. The molecule has 4 nitrogen and oxygen atoms in total. The summed E-state index contributed by atoms with van der Waals surface area (Å²) in [6.45, 7) is 0. The molecule has 1 aromatic carbocycles. The van der Waals surface area contributed by atoms with Crippen LogP contribution in [0.15, 0.2) is 24.3 Å². The Morgan fingerprint density at radius 1 is 1.29 bits per heavy atom. The number of benzene rings is 1. The summed E-state index contributed by atoms with van der Waals surface area (Å²) in [6, 6.07) is 7.01. The predicted molar refractivity (Wildman–Crippen MR) is 55.6 cm³/mol. The highest BCUT2D eigenvalue weighted by Crippen LogP contribution is 2.33. The fourth-order valence-corrected chi connectivity index (χ4v) is 1.18. The second-order valence-corrected chi connectivity index (χ2v) is 3.73. The minimum Gasteiger partial charge on any atom is -0.399 e. The predicted octanol–water partition coefficient (Wildman–Crippen LogP) is 0.699. The number of anilines is 2. The highest BCUT2D eigenvalue weighted by Gasteiger charge is 2.45. The van der Waals surface area contributed by atoms with Crippen molar-refractivity contribution < 1.29 is 4.79 Å². The Hall–Kier alpha value is -1.55. The Morgan fingerprint density at radius 3 is 2.36 bits per heavy atom. The summed E-state index contributed by atoms with van der Waals surface area (Å²) in [6.07, 6.45) is 1.54. The third-order valence-electron chi connectivity index (χ3n) is 2.41. The number of nitrogens with two attached hydrogens (primary N) is 2. The maximum Gasteiger partial charge on any atom is 0.244 e. The van der Waals surface area contributed by atoms with Crippen LogP contribution in [0, 0.1) is 0 Å². The van der Waals surface area contributed by atoms with Crippen molar-refractivity contribution in [2.75, 3.05) is 11.1 Å². The number of carbonyl (C=O) groups is 1. The van der Waals surface area contributed by atoms with E-state index in [0.717, 1.165) is 18.5 Å². The summed E-state index contributed by atoms with van der Waals surface area (Å²) in [4.78, 5) is 11.5. The molecule has 5 N–H and O–H groups in total. The van der Waals surface area contributed by atoms with Crippen molar-refractivity contribution in [2.24, 2.45) is 5.73 Å². The van der Waals surface area contributed by atoms with E-state index in [0.29, 0.717) is 5.69 Å². The summed E-state index contributed by atoms with van der Waals surface area (Å²) < 4.78 is 0. The van der Waals surface area contributed by atoms with Crippen LogP contribution in [0.1, 0.15) is 12.8 Å². The lowest BCUT2D eigenvalue weighted by Gasteiger charge is -2.09. The highest BCUT2D eigenvalue weighted by atomic mass is 16.2. The Balaban J connectivity index is 2.04. The Labute approximate surface area is 82.3 Å². The van der Waals surface area contributed by atoms with Crippen molar-refractivity contribution >= 4 is 17.3 Å². The van der Waals surface area contributed by atoms with E-state index >= 15 is 0 Å². The average Bonchev–Trinajstić information content (AvgIpc) is 2.89. The van der Waals surface area contributed by atoms with Crippen molar-refractivity contribution in [3.05, 3.63) is 24.3 Å². The molecule has 0 aliphatic heterocycles. The lowest BCUT2D eigenvalue weighted by atomic mass is 10.2. The van der Waals surface area contributed by atoms with Crippen LogP contribution in [0.3, 0.4) is 0 Å².